The normalized spacial score (nSPS) is 20.5. The second-order valence-electron chi connectivity index (χ2n) is 7.11. The monoisotopic (exact) mass is 450 g/mol. The average molecular weight is 452 g/mol. The van der Waals surface area contributed by atoms with Crippen LogP contribution < -0.4 is 0 Å². The highest BCUT2D eigenvalue weighted by molar-refractivity contribution is 6.35. The molecule has 152 valence electrons. The van der Waals surface area contributed by atoms with Crippen LogP contribution >= 0.6 is 34.8 Å². The number of halogens is 3. The molecule has 3 aromatic rings. The van der Waals surface area contributed by atoms with E-state index in [9.17, 15) is 0 Å². The third-order valence-electron chi connectivity index (χ3n) is 4.99. The summed E-state index contributed by atoms with van der Waals surface area (Å²) in [5.74, 6) is 0. The standard InChI is InChI=1S/C22H21Cl3N2O2/c23-16-6-4-15(5-7-16)22(19-9-8-17(24)12-20(19)25)29-21-3-1-2-18(28-21)13-27-11-10-26-14-27/h4-12,14,18,21-22H,1-3,13H2. The molecule has 29 heavy (non-hydrogen) atoms. The largest absolute Gasteiger partial charge is 0.348 e. The zero-order valence-corrected chi connectivity index (χ0v) is 17.9. The maximum absolute atomic E-state index is 6.51. The van der Waals surface area contributed by atoms with E-state index in [4.69, 9.17) is 44.3 Å². The van der Waals surface area contributed by atoms with E-state index in [0.29, 0.717) is 15.1 Å². The van der Waals surface area contributed by atoms with E-state index in [-0.39, 0.29) is 18.5 Å². The van der Waals surface area contributed by atoms with Crippen molar-refractivity contribution in [2.75, 3.05) is 0 Å². The first-order chi connectivity index (χ1) is 14.1. The number of benzene rings is 2. The Hall–Kier alpha value is -1.56. The van der Waals surface area contributed by atoms with Gasteiger partial charge in [0.1, 0.15) is 6.10 Å². The van der Waals surface area contributed by atoms with Gasteiger partial charge in [-0.05, 0) is 49.1 Å². The molecule has 1 aromatic heterocycles. The van der Waals surface area contributed by atoms with Gasteiger partial charge in [-0.25, -0.2) is 4.98 Å². The molecule has 0 amide bonds. The van der Waals surface area contributed by atoms with Gasteiger partial charge in [0.25, 0.3) is 0 Å². The lowest BCUT2D eigenvalue weighted by atomic mass is 10.0. The molecule has 1 fully saturated rings. The van der Waals surface area contributed by atoms with Crippen LogP contribution in [0.1, 0.15) is 36.5 Å². The summed E-state index contributed by atoms with van der Waals surface area (Å²) < 4.78 is 14.7. The number of hydrogen-bond acceptors (Lipinski definition) is 3. The fourth-order valence-electron chi connectivity index (χ4n) is 3.56. The molecule has 0 spiro atoms. The molecule has 4 nitrogen and oxygen atoms in total. The molecular weight excluding hydrogens is 431 g/mol. The second-order valence-corrected chi connectivity index (χ2v) is 8.39. The van der Waals surface area contributed by atoms with Crippen LogP contribution in [0.3, 0.4) is 0 Å². The third kappa shape index (κ3) is 5.33. The first kappa shape index (κ1) is 20.7. The maximum atomic E-state index is 6.51. The first-order valence-electron chi connectivity index (χ1n) is 9.55. The van der Waals surface area contributed by atoms with Crippen molar-refractivity contribution in [1.82, 2.24) is 9.55 Å². The van der Waals surface area contributed by atoms with Gasteiger partial charge in [-0.3, -0.25) is 0 Å². The predicted octanol–water partition coefficient (Wildman–Crippen LogP) is 6.54. The Kier molecular flexibility index (Phi) is 6.78. The zero-order chi connectivity index (χ0) is 20.2. The second kappa shape index (κ2) is 9.50. The molecule has 0 radical (unpaired) electrons. The van der Waals surface area contributed by atoms with Crippen molar-refractivity contribution in [3.63, 3.8) is 0 Å². The molecule has 0 bridgehead atoms. The van der Waals surface area contributed by atoms with Gasteiger partial charge in [0.15, 0.2) is 6.29 Å². The minimum absolute atomic E-state index is 0.0782. The minimum Gasteiger partial charge on any atom is -0.348 e. The number of aromatic nitrogens is 2. The molecule has 7 heteroatoms. The molecule has 1 aliphatic heterocycles. The third-order valence-corrected chi connectivity index (χ3v) is 5.80. The van der Waals surface area contributed by atoms with E-state index < -0.39 is 0 Å². The Morgan fingerprint density at radius 2 is 1.86 bits per heavy atom. The van der Waals surface area contributed by atoms with Crippen molar-refractivity contribution in [2.24, 2.45) is 0 Å². The summed E-state index contributed by atoms with van der Waals surface area (Å²) in [6.07, 6.45) is 7.74. The van der Waals surface area contributed by atoms with E-state index in [1.54, 1.807) is 18.6 Å². The molecule has 0 saturated carbocycles. The molecular formula is C22H21Cl3N2O2. The molecule has 2 aromatic carbocycles. The fraction of sp³-hybridized carbons (Fsp3) is 0.318. The number of nitrogens with zero attached hydrogens (tertiary/aromatic N) is 2. The Labute approximate surface area is 185 Å². The van der Waals surface area contributed by atoms with Gasteiger partial charge in [0, 0.05) is 39.6 Å². The van der Waals surface area contributed by atoms with E-state index >= 15 is 0 Å². The summed E-state index contributed by atoms with van der Waals surface area (Å²) in [5.41, 5.74) is 1.80. The summed E-state index contributed by atoms with van der Waals surface area (Å²) in [6.45, 7) is 0.757. The Morgan fingerprint density at radius 3 is 2.59 bits per heavy atom. The Bertz CT molecular complexity index is 932. The van der Waals surface area contributed by atoms with E-state index in [1.807, 2.05) is 47.2 Å². The van der Waals surface area contributed by atoms with Crippen LogP contribution in [-0.2, 0) is 16.0 Å². The summed E-state index contributed by atoms with van der Waals surface area (Å²) in [6, 6.07) is 13.0. The van der Waals surface area contributed by atoms with E-state index in [2.05, 4.69) is 4.98 Å². The van der Waals surface area contributed by atoms with E-state index in [1.165, 1.54) is 0 Å². The average Bonchev–Trinajstić information content (AvgIpc) is 3.21. The van der Waals surface area contributed by atoms with Gasteiger partial charge in [0.05, 0.1) is 12.4 Å². The zero-order valence-electron chi connectivity index (χ0n) is 15.7. The van der Waals surface area contributed by atoms with Gasteiger partial charge in [-0.1, -0.05) is 53.0 Å². The van der Waals surface area contributed by atoms with Crippen molar-refractivity contribution >= 4 is 34.8 Å². The van der Waals surface area contributed by atoms with Crippen LogP contribution in [0.2, 0.25) is 15.1 Å². The highest BCUT2D eigenvalue weighted by Crippen LogP contribution is 2.36. The van der Waals surface area contributed by atoms with Crippen LogP contribution in [0.15, 0.2) is 61.2 Å². The number of hydrogen-bond donors (Lipinski definition) is 0. The van der Waals surface area contributed by atoms with Crippen molar-refractivity contribution in [1.29, 1.82) is 0 Å². The van der Waals surface area contributed by atoms with Gasteiger partial charge in [0.2, 0.25) is 0 Å². The lowest BCUT2D eigenvalue weighted by molar-refractivity contribution is -0.212. The number of rotatable bonds is 6. The van der Waals surface area contributed by atoms with Crippen LogP contribution in [0.4, 0.5) is 0 Å². The van der Waals surface area contributed by atoms with Crippen LogP contribution in [0.5, 0.6) is 0 Å². The van der Waals surface area contributed by atoms with Crippen LogP contribution in [0.25, 0.3) is 0 Å². The SMILES string of the molecule is Clc1ccc(C(OC2CCCC(Cn3ccnc3)O2)c2ccc(Cl)cc2Cl)cc1. The molecule has 3 atom stereocenters. The topological polar surface area (TPSA) is 36.3 Å². The summed E-state index contributed by atoms with van der Waals surface area (Å²) in [5, 5.41) is 1.81. The molecule has 1 aliphatic rings. The lowest BCUT2D eigenvalue weighted by Gasteiger charge is -2.33. The summed E-state index contributed by atoms with van der Waals surface area (Å²) in [7, 11) is 0. The lowest BCUT2D eigenvalue weighted by Crippen LogP contribution is -2.33. The van der Waals surface area contributed by atoms with E-state index in [0.717, 1.165) is 36.9 Å². The number of imidazole rings is 1. The summed E-state index contributed by atoms with van der Waals surface area (Å²) >= 11 is 18.7. The Morgan fingerprint density at radius 1 is 1.07 bits per heavy atom. The summed E-state index contributed by atoms with van der Waals surface area (Å²) in [4.78, 5) is 4.10. The maximum Gasteiger partial charge on any atom is 0.159 e. The number of ether oxygens (including phenoxy) is 2. The highest BCUT2D eigenvalue weighted by Gasteiger charge is 2.28. The van der Waals surface area contributed by atoms with Crippen LogP contribution in [-0.4, -0.2) is 21.9 Å². The van der Waals surface area contributed by atoms with Crippen molar-refractivity contribution in [3.8, 4) is 0 Å². The highest BCUT2D eigenvalue weighted by atomic mass is 35.5. The Balaban J connectivity index is 1.55. The fourth-order valence-corrected chi connectivity index (χ4v) is 4.20. The van der Waals surface area contributed by atoms with Crippen molar-refractivity contribution < 1.29 is 9.47 Å². The molecule has 4 rings (SSSR count). The first-order valence-corrected chi connectivity index (χ1v) is 10.7. The molecule has 1 saturated heterocycles. The van der Waals surface area contributed by atoms with Crippen LogP contribution in [0, 0.1) is 0 Å². The van der Waals surface area contributed by atoms with Gasteiger partial charge >= 0.3 is 0 Å². The smallest absolute Gasteiger partial charge is 0.159 e. The molecule has 0 N–H and O–H groups in total. The van der Waals surface area contributed by atoms with Gasteiger partial charge in [-0.15, -0.1) is 0 Å². The molecule has 0 aliphatic carbocycles. The van der Waals surface area contributed by atoms with Crippen molar-refractivity contribution in [2.45, 2.75) is 44.3 Å². The van der Waals surface area contributed by atoms with Gasteiger partial charge in [-0.2, -0.15) is 0 Å². The quantitative estimate of drug-likeness (QED) is 0.426. The minimum atomic E-state index is -0.381. The predicted molar refractivity (Wildman–Crippen MR) is 116 cm³/mol. The van der Waals surface area contributed by atoms with Crippen molar-refractivity contribution in [3.05, 3.63) is 87.4 Å². The van der Waals surface area contributed by atoms with Gasteiger partial charge < -0.3 is 14.0 Å². The molecule has 2 heterocycles. The molecule has 3 unspecified atom stereocenters.